The van der Waals surface area contributed by atoms with Gasteiger partial charge >= 0.3 is 0 Å². The van der Waals surface area contributed by atoms with Gasteiger partial charge in [-0.3, -0.25) is 9.79 Å². The SMILES string of the molecule is Cc1nc(-c2ccc(Cl)cc2)sc1C(=O)CN=Cc1ccc2occc2c1. The average molecular weight is 395 g/mol. The van der Waals surface area contributed by atoms with Gasteiger partial charge in [0.2, 0.25) is 0 Å². The van der Waals surface area contributed by atoms with Gasteiger partial charge < -0.3 is 4.42 Å². The first kappa shape index (κ1) is 17.6. The average Bonchev–Trinajstić information content (AvgIpc) is 3.28. The van der Waals surface area contributed by atoms with Crippen LogP contribution in [-0.2, 0) is 0 Å². The summed E-state index contributed by atoms with van der Waals surface area (Å²) in [4.78, 5) is 22.0. The Kier molecular flexibility index (Phi) is 4.88. The first-order valence-corrected chi connectivity index (χ1v) is 9.53. The molecule has 134 valence electrons. The predicted molar refractivity (Wildman–Crippen MR) is 110 cm³/mol. The maximum Gasteiger partial charge on any atom is 0.196 e. The molecule has 0 saturated carbocycles. The molecule has 4 nitrogen and oxygen atoms in total. The summed E-state index contributed by atoms with van der Waals surface area (Å²) < 4.78 is 5.32. The number of fused-ring (bicyclic) bond motifs is 1. The fourth-order valence-corrected chi connectivity index (χ4v) is 3.87. The molecule has 0 bridgehead atoms. The van der Waals surface area contributed by atoms with Crippen LogP contribution in [0.4, 0.5) is 0 Å². The van der Waals surface area contributed by atoms with Gasteiger partial charge in [0.1, 0.15) is 17.1 Å². The first-order valence-electron chi connectivity index (χ1n) is 8.34. The van der Waals surface area contributed by atoms with Crippen LogP contribution in [0.25, 0.3) is 21.5 Å². The standard InChI is InChI=1S/C21H15ClN2O2S/c1-13-20(27-21(24-13)15-3-5-17(22)6-4-15)18(25)12-23-11-14-2-7-19-16(10-14)8-9-26-19/h2-11H,12H2,1H3. The van der Waals surface area contributed by atoms with E-state index in [0.29, 0.717) is 9.90 Å². The summed E-state index contributed by atoms with van der Waals surface area (Å²) in [6.07, 6.45) is 3.36. The smallest absolute Gasteiger partial charge is 0.196 e. The van der Waals surface area contributed by atoms with Crippen LogP contribution in [0.3, 0.4) is 0 Å². The number of halogens is 1. The van der Waals surface area contributed by atoms with Crippen LogP contribution < -0.4 is 0 Å². The molecule has 0 aliphatic rings. The second-order valence-corrected chi connectivity index (χ2v) is 7.49. The second kappa shape index (κ2) is 7.47. The number of hydrogen-bond donors (Lipinski definition) is 0. The number of carbonyl (C=O) groups excluding carboxylic acids is 1. The monoisotopic (exact) mass is 394 g/mol. The molecule has 0 N–H and O–H groups in total. The lowest BCUT2D eigenvalue weighted by Crippen LogP contribution is -2.03. The van der Waals surface area contributed by atoms with Crippen molar-refractivity contribution in [3.63, 3.8) is 0 Å². The highest BCUT2D eigenvalue weighted by atomic mass is 35.5. The highest BCUT2D eigenvalue weighted by Gasteiger charge is 2.15. The van der Waals surface area contributed by atoms with Gasteiger partial charge in [-0.05, 0) is 48.9 Å². The predicted octanol–water partition coefficient (Wildman–Crippen LogP) is 5.82. The highest BCUT2D eigenvalue weighted by Crippen LogP contribution is 2.29. The molecule has 0 unspecified atom stereocenters. The topological polar surface area (TPSA) is 55.5 Å². The van der Waals surface area contributed by atoms with Gasteiger partial charge in [-0.15, -0.1) is 11.3 Å². The minimum absolute atomic E-state index is 0.0362. The zero-order valence-corrected chi connectivity index (χ0v) is 16.1. The van der Waals surface area contributed by atoms with Crippen molar-refractivity contribution in [3.8, 4) is 10.6 Å². The third-order valence-corrected chi connectivity index (χ3v) is 5.59. The molecule has 0 radical (unpaired) electrons. The van der Waals surface area contributed by atoms with Crippen LogP contribution in [0.5, 0.6) is 0 Å². The van der Waals surface area contributed by atoms with Crippen molar-refractivity contribution in [3.05, 3.63) is 76.0 Å². The third-order valence-electron chi connectivity index (χ3n) is 4.09. The minimum Gasteiger partial charge on any atom is -0.464 e. The minimum atomic E-state index is -0.0362. The largest absolute Gasteiger partial charge is 0.464 e. The Bertz CT molecular complexity index is 1140. The number of Topliss-reactive ketones (excluding diaryl/α,β-unsaturated/α-hetero) is 1. The lowest BCUT2D eigenvalue weighted by Gasteiger charge is -1.96. The number of rotatable bonds is 5. The molecule has 0 aliphatic carbocycles. The zero-order chi connectivity index (χ0) is 18.8. The molecule has 2 aromatic heterocycles. The summed E-state index contributed by atoms with van der Waals surface area (Å²) in [5.74, 6) is -0.0362. The van der Waals surface area contributed by atoms with Crippen molar-refractivity contribution in [1.29, 1.82) is 0 Å². The van der Waals surface area contributed by atoms with Gasteiger partial charge in [0.25, 0.3) is 0 Å². The molecule has 2 aromatic carbocycles. The molecule has 0 spiro atoms. The highest BCUT2D eigenvalue weighted by molar-refractivity contribution is 7.17. The van der Waals surface area contributed by atoms with E-state index in [4.69, 9.17) is 16.0 Å². The number of carbonyl (C=O) groups is 1. The van der Waals surface area contributed by atoms with Crippen LogP contribution in [-0.4, -0.2) is 23.5 Å². The Hall–Kier alpha value is -2.76. The van der Waals surface area contributed by atoms with Gasteiger partial charge in [0.05, 0.1) is 16.8 Å². The lowest BCUT2D eigenvalue weighted by molar-refractivity contribution is 0.100. The number of aliphatic imine (C=N–C) groups is 1. The number of thiazole rings is 1. The molecule has 4 aromatic rings. The van der Waals surface area contributed by atoms with E-state index >= 15 is 0 Å². The van der Waals surface area contributed by atoms with Crippen molar-refractivity contribution in [2.45, 2.75) is 6.92 Å². The maximum atomic E-state index is 12.5. The second-order valence-electron chi connectivity index (χ2n) is 6.05. The summed E-state index contributed by atoms with van der Waals surface area (Å²) >= 11 is 7.31. The third kappa shape index (κ3) is 3.84. The van der Waals surface area contributed by atoms with E-state index in [1.54, 1.807) is 12.5 Å². The van der Waals surface area contributed by atoms with E-state index in [1.165, 1.54) is 11.3 Å². The Morgan fingerprint density at radius 3 is 2.85 bits per heavy atom. The van der Waals surface area contributed by atoms with Crippen LogP contribution in [0, 0.1) is 6.92 Å². The number of aryl methyl sites for hydroxylation is 1. The zero-order valence-electron chi connectivity index (χ0n) is 14.5. The van der Waals surface area contributed by atoms with Gasteiger partial charge in [0, 0.05) is 22.2 Å². The molecule has 2 heterocycles. The molecular formula is C21H15ClN2O2S. The van der Waals surface area contributed by atoms with Gasteiger partial charge in [-0.25, -0.2) is 4.98 Å². The van der Waals surface area contributed by atoms with Crippen LogP contribution in [0.1, 0.15) is 20.9 Å². The van der Waals surface area contributed by atoms with Crippen molar-refractivity contribution in [1.82, 2.24) is 4.98 Å². The molecule has 4 rings (SSSR count). The first-order chi connectivity index (χ1) is 13.1. The van der Waals surface area contributed by atoms with Crippen molar-refractivity contribution in [2.75, 3.05) is 6.54 Å². The van der Waals surface area contributed by atoms with Crippen LogP contribution >= 0.6 is 22.9 Å². The van der Waals surface area contributed by atoms with E-state index in [9.17, 15) is 4.79 Å². The molecule has 0 saturated heterocycles. The van der Waals surface area contributed by atoms with Crippen molar-refractivity contribution < 1.29 is 9.21 Å². The molecule has 0 fully saturated rings. The van der Waals surface area contributed by atoms with Crippen molar-refractivity contribution >= 4 is 45.9 Å². The number of nitrogens with zero attached hydrogens (tertiary/aromatic N) is 2. The summed E-state index contributed by atoms with van der Waals surface area (Å²) in [6, 6.07) is 15.1. The van der Waals surface area contributed by atoms with E-state index in [0.717, 1.165) is 32.8 Å². The fourth-order valence-electron chi connectivity index (χ4n) is 2.74. The number of ketones is 1. The number of furan rings is 1. The summed E-state index contributed by atoms with van der Waals surface area (Å²) in [5.41, 5.74) is 3.44. The number of benzene rings is 2. The Morgan fingerprint density at radius 1 is 1.22 bits per heavy atom. The van der Waals surface area contributed by atoms with Gasteiger partial charge in [-0.1, -0.05) is 23.7 Å². The number of hydrogen-bond acceptors (Lipinski definition) is 5. The van der Waals surface area contributed by atoms with Gasteiger partial charge in [-0.2, -0.15) is 0 Å². The molecule has 0 aliphatic heterocycles. The number of aromatic nitrogens is 1. The lowest BCUT2D eigenvalue weighted by atomic mass is 10.2. The molecule has 0 atom stereocenters. The Labute approximate surface area is 165 Å². The van der Waals surface area contributed by atoms with Crippen LogP contribution in [0.2, 0.25) is 5.02 Å². The normalized spacial score (nSPS) is 11.5. The Balaban J connectivity index is 1.48. The Morgan fingerprint density at radius 2 is 2.04 bits per heavy atom. The quantitative estimate of drug-likeness (QED) is 0.316. The summed E-state index contributed by atoms with van der Waals surface area (Å²) in [6.45, 7) is 1.94. The van der Waals surface area contributed by atoms with E-state index < -0.39 is 0 Å². The van der Waals surface area contributed by atoms with Gasteiger partial charge in [0.15, 0.2) is 5.78 Å². The fraction of sp³-hybridized carbons (Fsp3) is 0.0952. The molecule has 27 heavy (non-hydrogen) atoms. The van der Waals surface area contributed by atoms with E-state index in [1.807, 2.05) is 55.5 Å². The van der Waals surface area contributed by atoms with Crippen molar-refractivity contribution in [2.24, 2.45) is 4.99 Å². The van der Waals surface area contributed by atoms with E-state index in [-0.39, 0.29) is 12.3 Å². The molecule has 6 heteroatoms. The molecular weight excluding hydrogens is 380 g/mol. The van der Waals surface area contributed by atoms with Crippen LogP contribution in [0.15, 0.2) is 64.2 Å². The molecule has 0 amide bonds. The summed E-state index contributed by atoms with van der Waals surface area (Å²) in [7, 11) is 0. The maximum absolute atomic E-state index is 12.5. The van der Waals surface area contributed by atoms with E-state index in [2.05, 4.69) is 9.98 Å². The summed E-state index contributed by atoms with van der Waals surface area (Å²) in [5, 5.41) is 2.49.